The first-order chi connectivity index (χ1) is 8.58. The fourth-order valence-corrected chi connectivity index (χ4v) is 1.87. The van der Waals surface area contributed by atoms with Crippen LogP contribution in [0.1, 0.15) is 18.1 Å². The molecule has 6 heteroatoms. The number of carboxylic acid groups (broad SMARTS) is 1. The second-order valence-electron chi connectivity index (χ2n) is 3.83. The van der Waals surface area contributed by atoms with Gasteiger partial charge in [0.2, 0.25) is 0 Å². The van der Waals surface area contributed by atoms with E-state index in [2.05, 4.69) is 10.1 Å². The second kappa shape index (κ2) is 5.18. The lowest BCUT2D eigenvalue weighted by Crippen LogP contribution is -2.06. The van der Waals surface area contributed by atoms with Gasteiger partial charge in [0.25, 0.3) is 0 Å². The highest BCUT2D eigenvalue weighted by molar-refractivity contribution is 6.32. The molecule has 1 aromatic heterocycles. The van der Waals surface area contributed by atoms with Crippen molar-refractivity contribution in [1.29, 1.82) is 0 Å². The molecule has 0 atom stereocenters. The number of rotatable bonds is 4. The summed E-state index contributed by atoms with van der Waals surface area (Å²) in [6, 6.07) is 7.25. The molecule has 0 fully saturated rings. The maximum atomic E-state index is 10.6. The number of aliphatic carboxylic acids is 1. The SMILES string of the molecule is Cc1nc(CCC(=O)O)n(-c2ccccc2Cl)n1. The Kier molecular flexibility index (Phi) is 3.62. The minimum atomic E-state index is -0.860. The number of hydrogen-bond donors (Lipinski definition) is 1. The molecule has 1 aromatic carbocycles. The fraction of sp³-hybridized carbons (Fsp3) is 0.250. The third-order valence-electron chi connectivity index (χ3n) is 2.42. The third-order valence-corrected chi connectivity index (χ3v) is 2.74. The molecular formula is C12H12ClN3O2. The van der Waals surface area contributed by atoms with Gasteiger partial charge < -0.3 is 5.11 Å². The molecule has 0 amide bonds. The van der Waals surface area contributed by atoms with Crippen LogP contribution in [-0.4, -0.2) is 25.8 Å². The molecule has 0 spiro atoms. The van der Waals surface area contributed by atoms with Crippen molar-refractivity contribution in [3.05, 3.63) is 40.9 Å². The highest BCUT2D eigenvalue weighted by Crippen LogP contribution is 2.20. The van der Waals surface area contributed by atoms with Crippen LogP contribution in [0.2, 0.25) is 5.02 Å². The maximum Gasteiger partial charge on any atom is 0.303 e. The molecule has 0 radical (unpaired) electrons. The number of carboxylic acids is 1. The largest absolute Gasteiger partial charge is 0.481 e. The number of halogens is 1. The molecule has 2 rings (SSSR count). The van der Waals surface area contributed by atoms with Crippen molar-refractivity contribution in [2.45, 2.75) is 19.8 Å². The Morgan fingerprint density at radius 3 is 2.83 bits per heavy atom. The van der Waals surface area contributed by atoms with E-state index in [1.54, 1.807) is 17.7 Å². The first-order valence-electron chi connectivity index (χ1n) is 5.47. The minimum Gasteiger partial charge on any atom is -0.481 e. The molecule has 5 nitrogen and oxygen atoms in total. The fourth-order valence-electron chi connectivity index (χ4n) is 1.66. The molecule has 0 bridgehead atoms. The molecule has 0 saturated heterocycles. The van der Waals surface area contributed by atoms with Crippen LogP contribution in [0.15, 0.2) is 24.3 Å². The van der Waals surface area contributed by atoms with Gasteiger partial charge in [-0.1, -0.05) is 23.7 Å². The summed E-state index contributed by atoms with van der Waals surface area (Å²) in [5.74, 6) is 0.333. The number of aryl methyl sites for hydroxylation is 2. The van der Waals surface area contributed by atoms with Crippen molar-refractivity contribution in [2.24, 2.45) is 0 Å². The Labute approximate surface area is 109 Å². The summed E-state index contributed by atoms with van der Waals surface area (Å²) in [6.07, 6.45) is 0.337. The number of aromatic nitrogens is 3. The topological polar surface area (TPSA) is 68.0 Å². The standard InChI is InChI=1S/C12H12ClN3O2/c1-8-14-11(6-7-12(17)18)16(15-8)10-5-3-2-4-9(10)13/h2-5H,6-7H2,1H3,(H,17,18). The maximum absolute atomic E-state index is 10.6. The lowest BCUT2D eigenvalue weighted by molar-refractivity contribution is -0.137. The second-order valence-corrected chi connectivity index (χ2v) is 4.24. The molecule has 1 N–H and O–H groups in total. The van der Waals surface area contributed by atoms with Gasteiger partial charge in [-0.3, -0.25) is 4.79 Å². The predicted molar refractivity (Wildman–Crippen MR) is 67.1 cm³/mol. The van der Waals surface area contributed by atoms with E-state index in [4.69, 9.17) is 16.7 Å². The van der Waals surface area contributed by atoms with Crippen LogP contribution < -0.4 is 0 Å². The molecule has 0 aliphatic rings. The highest BCUT2D eigenvalue weighted by atomic mass is 35.5. The van der Waals surface area contributed by atoms with Gasteiger partial charge in [0, 0.05) is 6.42 Å². The normalized spacial score (nSPS) is 10.6. The summed E-state index contributed by atoms with van der Waals surface area (Å²) in [4.78, 5) is 14.8. The molecular weight excluding hydrogens is 254 g/mol. The van der Waals surface area contributed by atoms with Gasteiger partial charge in [0.15, 0.2) is 0 Å². The zero-order chi connectivity index (χ0) is 13.1. The molecule has 18 heavy (non-hydrogen) atoms. The molecule has 0 unspecified atom stereocenters. The first kappa shape index (κ1) is 12.6. The van der Waals surface area contributed by atoms with Crippen LogP contribution in [0.3, 0.4) is 0 Å². The van der Waals surface area contributed by atoms with Crippen molar-refractivity contribution < 1.29 is 9.90 Å². The van der Waals surface area contributed by atoms with Crippen LogP contribution >= 0.6 is 11.6 Å². The monoisotopic (exact) mass is 265 g/mol. The van der Waals surface area contributed by atoms with Crippen molar-refractivity contribution in [3.8, 4) is 5.69 Å². The van der Waals surface area contributed by atoms with E-state index in [0.717, 1.165) is 0 Å². The predicted octanol–water partition coefficient (Wildman–Crippen LogP) is 2.25. The molecule has 0 saturated carbocycles. The Morgan fingerprint density at radius 2 is 2.17 bits per heavy atom. The van der Waals surface area contributed by atoms with Gasteiger partial charge in [-0.2, -0.15) is 5.10 Å². The average molecular weight is 266 g/mol. The van der Waals surface area contributed by atoms with Gasteiger partial charge in [0.1, 0.15) is 11.6 Å². The van der Waals surface area contributed by atoms with Gasteiger partial charge in [0.05, 0.1) is 17.1 Å². The van der Waals surface area contributed by atoms with Crippen molar-refractivity contribution in [3.63, 3.8) is 0 Å². The Morgan fingerprint density at radius 1 is 1.44 bits per heavy atom. The van der Waals surface area contributed by atoms with E-state index in [-0.39, 0.29) is 6.42 Å². The third kappa shape index (κ3) is 2.68. The zero-order valence-corrected chi connectivity index (χ0v) is 10.6. The van der Waals surface area contributed by atoms with Gasteiger partial charge in [-0.15, -0.1) is 0 Å². The molecule has 94 valence electrons. The lowest BCUT2D eigenvalue weighted by Gasteiger charge is -2.06. The van der Waals surface area contributed by atoms with Crippen LogP contribution in [0.5, 0.6) is 0 Å². The number of hydrogen-bond acceptors (Lipinski definition) is 3. The van der Waals surface area contributed by atoms with E-state index >= 15 is 0 Å². The van der Waals surface area contributed by atoms with Gasteiger partial charge >= 0.3 is 5.97 Å². The summed E-state index contributed by atoms with van der Waals surface area (Å²) in [6.45, 7) is 1.76. The zero-order valence-electron chi connectivity index (χ0n) is 9.80. The van der Waals surface area contributed by atoms with Gasteiger partial charge in [-0.05, 0) is 19.1 Å². The van der Waals surface area contributed by atoms with E-state index in [1.807, 2.05) is 18.2 Å². The summed E-state index contributed by atoms with van der Waals surface area (Å²) in [5, 5.41) is 13.5. The van der Waals surface area contributed by atoms with Crippen LogP contribution in [0, 0.1) is 6.92 Å². The van der Waals surface area contributed by atoms with Crippen LogP contribution in [0.25, 0.3) is 5.69 Å². The van der Waals surface area contributed by atoms with Crippen molar-refractivity contribution >= 4 is 17.6 Å². The number of carbonyl (C=O) groups is 1. The Hall–Kier alpha value is -1.88. The summed E-state index contributed by atoms with van der Waals surface area (Å²) < 4.78 is 1.60. The average Bonchev–Trinajstić information content (AvgIpc) is 2.68. The molecule has 1 heterocycles. The summed E-state index contributed by atoms with van der Waals surface area (Å²) >= 11 is 6.10. The molecule has 0 aliphatic heterocycles. The number of benzene rings is 1. The minimum absolute atomic E-state index is 0.0165. The van der Waals surface area contributed by atoms with Crippen molar-refractivity contribution in [2.75, 3.05) is 0 Å². The Bertz CT molecular complexity index is 580. The highest BCUT2D eigenvalue weighted by Gasteiger charge is 2.12. The summed E-state index contributed by atoms with van der Waals surface area (Å²) in [7, 11) is 0. The number of para-hydroxylation sites is 1. The molecule has 2 aromatic rings. The quantitative estimate of drug-likeness (QED) is 0.921. The van der Waals surface area contributed by atoms with E-state index in [0.29, 0.717) is 28.8 Å². The van der Waals surface area contributed by atoms with E-state index < -0.39 is 5.97 Å². The number of nitrogens with zero attached hydrogens (tertiary/aromatic N) is 3. The molecule has 0 aliphatic carbocycles. The summed E-state index contributed by atoms with van der Waals surface area (Å²) in [5.41, 5.74) is 0.708. The van der Waals surface area contributed by atoms with E-state index in [9.17, 15) is 4.79 Å². The van der Waals surface area contributed by atoms with Crippen LogP contribution in [-0.2, 0) is 11.2 Å². The lowest BCUT2D eigenvalue weighted by atomic mass is 10.3. The van der Waals surface area contributed by atoms with Gasteiger partial charge in [-0.25, -0.2) is 9.67 Å². The Balaban J connectivity index is 2.38. The smallest absolute Gasteiger partial charge is 0.303 e. The van der Waals surface area contributed by atoms with Crippen molar-refractivity contribution in [1.82, 2.24) is 14.8 Å². The van der Waals surface area contributed by atoms with E-state index in [1.165, 1.54) is 0 Å². The first-order valence-corrected chi connectivity index (χ1v) is 5.85. The van der Waals surface area contributed by atoms with Crippen LogP contribution in [0.4, 0.5) is 0 Å².